The van der Waals surface area contributed by atoms with Crippen LogP contribution in [0, 0.1) is 0 Å². The molecular formula is C19H20O. The Kier molecular flexibility index (Phi) is 6.80. The third kappa shape index (κ3) is 4.71. The van der Waals surface area contributed by atoms with E-state index in [1.165, 1.54) is 0 Å². The molecule has 0 aliphatic heterocycles. The summed E-state index contributed by atoms with van der Waals surface area (Å²) in [6, 6.07) is 17.7. The monoisotopic (exact) mass is 264 g/mol. The fourth-order valence-corrected chi connectivity index (χ4v) is 1.65. The fraction of sp³-hybridized carbons (Fsp3) is 0.0526. The lowest BCUT2D eigenvalue weighted by atomic mass is 10.1. The molecular weight excluding hydrogens is 244 g/mol. The molecule has 2 aromatic rings. The molecule has 0 atom stereocenters. The molecule has 1 nitrogen and oxygen atoms in total. The van der Waals surface area contributed by atoms with Crippen molar-refractivity contribution in [2.24, 2.45) is 0 Å². The second kappa shape index (κ2) is 8.68. The van der Waals surface area contributed by atoms with E-state index in [4.69, 9.17) is 5.11 Å². The van der Waals surface area contributed by atoms with Gasteiger partial charge < -0.3 is 5.11 Å². The van der Waals surface area contributed by atoms with Gasteiger partial charge in [0.2, 0.25) is 0 Å². The lowest BCUT2D eigenvalue weighted by molar-refractivity contribution is 0.350. The van der Waals surface area contributed by atoms with E-state index < -0.39 is 0 Å². The summed E-state index contributed by atoms with van der Waals surface area (Å²) in [5.41, 5.74) is 4.04. The van der Waals surface area contributed by atoms with E-state index >= 15 is 0 Å². The van der Waals surface area contributed by atoms with Crippen LogP contribution in [-0.2, 0) is 0 Å². The fourth-order valence-electron chi connectivity index (χ4n) is 1.65. The van der Waals surface area contributed by atoms with Crippen molar-refractivity contribution in [2.45, 2.75) is 0 Å². The van der Waals surface area contributed by atoms with Gasteiger partial charge in [-0.15, -0.1) is 0 Å². The van der Waals surface area contributed by atoms with Gasteiger partial charge in [0.1, 0.15) is 0 Å². The van der Waals surface area contributed by atoms with Crippen LogP contribution in [0.5, 0.6) is 0 Å². The zero-order chi connectivity index (χ0) is 14.8. The zero-order valence-electron chi connectivity index (χ0n) is 11.6. The van der Waals surface area contributed by atoms with Gasteiger partial charge in [0.05, 0.1) is 6.61 Å². The minimum absolute atomic E-state index is 0.0318. The van der Waals surface area contributed by atoms with Gasteiger partial charge in [-0.05, 0) is 22.3 Å². The van der Waals surface area contributed by atoms with E-state index in [1.807, 2.05) is 66.7 Å². The Labute approximate surface area is 121 Å². The van der Waals surface area contributed by atoms with E-state index in [2.05, 4.69) is 19.7 Å². The number of benzene rings is 2. The van der Waals surface area contributed by atoms with Crippen molar-refractivity contribution in [3.63, 3.8) is 0 Å². The summed E-state index contributed by atoms with van der Waals surface area (Å²) in [5, 5.41) is 8.69. The Morgan fingerprint density at radius 3 is 1.70 bits per heavy atom. The molecule has 0 aromatic heterocycles. The van der Waals surface area contributed by atoms with Gasteiger partial charge in [-0.25, -0.2) is 0 Å². The van der Waals surface area contributed by atoms with Crippen LogP contribution in [0.1, 0.15) is 16.7 Å². The molecule has 0 unspecified atom stereocenters. The first-order valence-corrected chi connectivity index (χ1v) is 6.41. The van der Waals surface area contributed by atoms with Crippen molar-refractivity contribution < 1.29 is 5.11 Å². The summed E-state index contributed by atoms with van der Waals surface area (Å²) in [7, 11) is 0. The molecule has 102 valence electrons. The van der Waals surface area contributed by atoms with E-state index in [9.17, 15) is 0 Å². The predicted octanol–water partition coefficient (Wildman–Crippen LogP) is 4.66. The van der Waals surface area contributed by atoms with Gasteiger partial charge >= 0.3 is 0 Å². The van der Waals surface area contributed by atoms with Gasteiger partial charge in [0, 0.05) is 0 Å². The van der Waals surface area contributed by atoms with Crippen molar-refractivity contribution in [3.05, 3.63) is 91.0 Å². The summed E-state index contributed by atoms with van der Waals surface area (Å²) in [4.78, 5) is 0. The van der Waals surface area contributed by atoms with Crippen molar-refractivity contribution >= 4 is 17.7 Å². The molecule has 1 heteroatoms. The molecule has 0 saturated carbocycles. The highest BCUT2D eigenvalue weighted by Crippen LogP contribution is 2.10. The maximum absolute atomic E-state index is 8.69. The zero-order valence-corrected chi connectivity index (χ0v) is 11.6. The Hall–Kier alpha value is -2.38. The van der Waals surface area contributed by atoms with Crippen LogP contribution in [0.4, 0.5) is 0 Å². The largest absolute Gasteiger partial charge is 0.392 e. The minimum Gasteiger partial charge on any atom is -0.392 e. The van der Waals surface area contributed by atoms with Gasteiger partial charge in [0.15, 0.2) is 0 Å². The van der Waals surface area contributed by atoms with Crippen molar-refractivity contribution in [2.75, 3.05) is 6.61 Å². The first kappa shape index (κ1) is 15.7. The molecule has 2 aromatic carbocycles. The summed E-state index contributed by atoms with van der Waals surface area (Å²) in [6.45, 7) is 11.1. The standard InChI is InChI=1S/C10H10.C9H10O/c1-3-9-7-5-6-8-10(9)4-2;1-8(7-10)9-5-3-2-4-6-9/h3-8H,1-2H2;2-6,10H,1,7H2. The molecule has 0 saturated heterocycles. The number of hydrogen-bond acceptors (Lipinski definition) is 1. The number of hydrogen-bond donors (Lipinski definition) is 1. The number of rotatable bonds is 4. The van der Waals surface area contributed by atoms with Crippen molar-refractivity contribution in [1.29, 1.82) is 0 Å². The van der Waals surface area contributed by atoms with Crippen LogP contribution >= 0.6 is 0 Å². The summed E-state index contributed by atoms with van der Waals surface area (Å²) >= 11 is 0. The maximum atomic E-state index is 8.69. The molecule has 0 spiro atoms. The third-order valence-corrected chi connectivity index (χ3v) is 2.81. The average Bonchev–Trinajstić information content (AvgIpc) is 2.55. The average molecular weight is 264 g/mol. The summed E-state index contributed by atoms with van der Waals surface area (Å²) < 4.78 is 0. The lowest BCUT2D eigenvalue weighted by Crippen LogP contribution is -1.86. The molecule has 0 heterocycles. The van der Waals surface area contributed by atoms with Crippen molar-refractivity contribution in [1.82, 2.24) is 0 Å². The second-order valence-electron chi connectivity index (χ2n) is 4.16. The summed E-state index contributed by atoms with van der Waals surface area (Å²) in [5.74, 6) is 0. The van der Waals surface area contributed by atoms with Crippen LogP contribution in [0.15, 0.2) is 74.3 Å². The molecule has 0 aliphatic rings. The molecule has 0 amide bonds. The highest BCUT2D eigenvalue weighted by atomic mass is 16.3. The molecule has 2 rings (SSSR count). The number of aliphatic hydroxyl groups is 1. The number of aliphatic hydroxyl groups excluding tert-OH is 1. The topological polar surface area (TPSA) is 20.2 Å². The molecule has 0 fully saturated rings. The van der Waals surface area contributed by atoms with E-state index in [-0.39, 0.29) is 6.61 Å². The Balaban J connectivity index is 0.000000200. The third-order valence-electron chi connectivity index (χ3n) is 2.81. The molecule has 20 heavy (non-hydrogen) atoms. The van der Waals surface area contributed by atoms with Gasteiger partial charge in [-0.1, -0.05) is 86.5 Å². The highest BCUT2D eigenvalue weighted by Gasteiger charge is 1.92. The molecule has 1 N–H and O–H groups in total. The first-order valence-electron chi connectivity index (χ1n) is 6.41. The first-order chi connectivity index (χ1) is 9.72. The molecule has 0 bridgehead atoms. The van der Waals surface area contributed by atoms with Crippen LogP contribution in [-0.4, -0.2) is 11.7 Å². The smallest absolute Gasteiger partial charge is 0.0681 e. The second-order valence-corrected chi connectivity index (χ2v) is 4.16. The van der Waals surface area contributed by atoms with E-state index in [1.54, 1.807) is 0 Å². The van der Waals surface area contributed by atoms with Crippen molar-refractivity contribution in [3.8, 4) is 0 Å². The normalized spacial score (nSPS) is 9.05. The van der Waals surface area contributed by atoms with Gasteiger partial charge in [-0.3, -0.25) is 0 Å². The van der Waals surface area contributed by atoms with E-state index in [0.717, 1.165) is 22.3 Å². The lowest BCUT2D eigenvalue weighted by Gasteiger charge is -1.98. The van der Waals surface area contributed by atoms with Crippen LogP contribution in [0.2, 0.25) is 0 Å². The van der Waals surface area contributed by atoms with Gasteiger partial charge in [0.25, 0.3) is 0 Å². The minimum atomic E-state index is 0.0318. The summed E-state index contributed by atoms with van der Waals surface area (Å²) in [6.07, 6.45) is 3.66. The highest BCUT2D eigenvalue weighted by molar-refractivity contribution is 5.63. The van der Waals surface area contributed by atoms with Gasteiger partial charge in [-0.2, -0.15) is 0 Å². The molecule has 0 radical (unpaired) electrons. The predicted molar refractivity (Wildman–Crippen MR) is 89.2 cm³/mol. The Bertz CT molecular complexity index is 540. The quantitative estimate of drug-likeness (QED) is 0.851. The van der Waals surface area contributed by atoms with E-state index in [0.29, 0.717) is 0 Å². The van der Waals surface area contributed by atoms with Crippen LogP contribution < -0.4 is 0 Å². The van der Waals surface area contributed by atoms with Crippen LogP contribution in [0.25, 0.3) is 17.7 Å². The SMILES string of the molecule is C=C(CO)c1ccccc1.C=Cc1ccccc1C=C. The Morgan fingerprint density at radius 2 is 1.30 bits per heavy atom. The molecule has 0 aliphatic carbocycles. The maximum Gasteiger partial charge on any atom is 0.0681 e. The Morgan fingerprint density at radius 1 is 0.850 bits per heavy atom. The van der Waals surface area contributed by atoms with Crippen LogP contribution in [0.3, 0.4) is 0 Å².